The summed E-state index contributed by atoms with van der Waals surface area (Å²) in [5.41, 5.74) is 9.89. The van der Waals surface area contributed by atoms with Crippen LogP contribution in [-0.2, 0) is 13.0 Å². The van der Waals surface area contributed by atoms with E-state index in [1.165, 1.54) is 29.7 Å². The summed E-state index contributed by atoms with van der Waals surface area (Å²) < 4.78 is 5.51. The molecule has 0 radical (unpaired) electrons. The Hall–Kier alpha value is -1.74. The van der Waals surface area contributed by atoms with Crippen molar-refractivity contribution < 1.29 is 4.42 Å². The normalized spacial score (nSPS) is 16.0. The van der Waals surface area contributed by atoms with Crippen molar-refractivity contribution in [1.82, 2.24) is 0 Å². The second kappa shape index (κ2) is 5.94. The van der Waals surface area contributed by atoms with Crippen molar-refractivity contribution in [1.29, 1.82) is 0 Å². The molecule has 112 valence electrons. The Kier molecular flexibility index (Phi) is 4.02. The van der Waals surface area contributed by atoms with E-state index >= 15 is 0 Å². The van der Waals surface area contributed by atoms with Crippen molar-refractivity contribution in [3.8, 4) is 0 Å². The van der Waals surface area contributed by atoms with Crippen molar-refractivity contribution in [2.24, 2.45) is 5.73 Å². The molecule has 0 bridgehead atoms. The first kappa shape index (κ1) is 14.2. The first-order chi connectivity index (χ1) is 10.1. The molecule has 3 heteroatoms. The molecule has 3 rings (SSSR count). The maximum atomic E-state index is 5.92. The van der Waals surface area contributed by atoms with Crippen LogP contribution in [0, 0.1) is 6.92 Å². The summed E-state index contributed by atoms with van der Waals surface area (Å²) in [5, 5.41) is 0. The zero-order valence-corrected chi connectivity index (χ0v) is 12.9. The molecule has 1 aromatic carbocycles. The number of anilines is 1. The Morgan fingerprint density at radius 3 is 2.71 bits per heavy atom. The molecule has 1 heterocycles. The average molecular weight is 284 g/mol. The van der Waals surface area contributed by atoms with Gasteiger partial charge in [-0.05, 0) is 68.5 Å². The zero-order chi connectivity index (χ0) is 14.8. The molecule has 1 unspecified atom stereocenters. The van der Waals surface area contributed by atoms with E-state index < -0.39 is 0 Å². The first-order valence-corrected chi connectivity index (χ1v) is 7.77. The van der Waals surface area contributed by atoms with Gasteiger partial charge in [0.2, 0.25) is 0 Å². The van der Waals surface area contributed by atoms with Gasteiger partial charge in [0.25, 0.3) is 0 Å². The van der Waals surface area contributed by atoms with Gasteiger partial charge in [0.15, 0.2) is 0 Å². The van der Waals surface area contributed by atoms with Crippen molar-refractivity contribution in [2.45, 2.75) is 51.7 Å². The summed E-state index contributed by atoms with van der Waals surface area (Å²) in [6.07, 6.45) is 5.24. The molecular formula is C18H24N2O. The molecule has 1 atom stereocenters. The van der Waals surface area contributed by atoms with E-state index in [0.717, 1.165) is 18.7 Å². The van der Waals surface area contributed by atoms with Crippen LogP contribution in [0.2, 0.25) is 0 Å². The maximum absolute atomic E-state index is 5.92. The molecule has 2 aromatic rings. The Morgan fingerprint density at radius 2 is 2.14 bits per heavy atom. The lowest BCUT2D eigenvalue weighted by Crippen LogP contribution is -2.25. The third-order valence-corrected chi connectivity index (χ3v) is 4.09. The largest absolute Gasteiger partial charge is 0.467 e. The van der Waals surface area contributed by atoms with Gasteiger partial charge in [0.05, 0.1) is 12.8 Å². The fourth-order valence-electron chi connectivity index (χ4n) is 2.82. The van der Waals surface area contributed by atoms with Crippen LogP contribution in [-0.4, -0.2) is 12.1 Å². The van der Waals surface area contributed by atoms with E-state index in [0.29, 0.717) is 6.04 Å². The maximum Gasteiger partial charge on any atom is 0.123 e. The smallest absolute Gasteiger partial charge is 0.123 e. The Bertz CT molecular complexity index is 585. The van der Waals surface area contributed by atoms with Crippen LogP contribution >= 0.6 is 0 Å². The van der Waals surface area contributed by atoms with Crippen LogP contribution in [0.3, 0.4) is 0 Å². The highest BCUT2D eigenvalue weighted by molar-refractivity contribution is 5.53. The van der Waals surface area contributed by atoms with Gasteiger partial charge in [-0.1, -0.05) is 6.07 Å². The third-order valence-electron chi connectivity index (χ3n) is 4.09. The number of hydrogen-bond acceptors (Lipinski definition) is 3. The fourth-order valence-corrected chi connectivity index (χ4v) is 2.82. The molecule has 1 aliphatic carbocycles. The van der Waals surface area contributed by atoms with E-state index in [-0.39, 0.29) is 6.04 Å². The summed E-state index contributed by atoms with van der Waals surface area (Å²) >= 11 is 0. The lowest BCUT2D eigenvalue weighted by atomic mass is 10.0. The minimum absolute atomic E-state index is 0.206. The molecule has 0 spiro atoms. The van der Waals surface area contributed by atoms with Crippen molar-refractivity contribution >= 4 is 5.69 Å². The number of benzene rings is 1. The zero-order valence-electron chi connectivity index (χ0n) is 12.9. The summed E-state index contributed by atoms with van der Waals surface area (Å²) in [4.78, 5) is 2.46. The standard InChI is InChI=1S/C18H24N2O/c1-13-10-17(6-5-15(13)11-14(2)19)20(16-7-8-16)12-18-4-3-9-21-18/h3-6,9-10,14,16H,7-8,11-12,19H2,1-2H3. The molecule has 21 heavy (non-hydrogen) atoms. The molecule has 1 aromatic heterocycles. The summed E-state index contributed by atoms with van der Waals surface area (Å²) in [5.74, 6) is 1.03. The second-order valence-electron chi connectivity index (χ2n) is 6.23. The van der Waals surface area contributed by atoms with Crippen LogP contribution < -0.4 is 10.6 Å². The van der Waals surface area contributed by atoms with Crippen LogP contribution in [0.5, 0.6) is 0 Å². The van der Waals surface area contributed by atoms with Gasteiger partial charge < -0.3 is 15.1 Å². The molecule has 1 aliphatic rings. The van der Waals surface area contributed by atoms with Gasteiger partial charge in [-0.3, -0.25) is 0 Å². The highest BCUT2D eigenvalue weighted by Gasteiger charge is 2.30. The molecule has 1 saturated carbocycles. The molecule has 0 amide bonds. The number of nitrogens with two attached hydrogens (primary N) is 1. The topological polar surface area (TPSA) is 42.4 Å². The van der Waals surface area contributed by atoms with Gasteiger partial charge >= 0.3 is 0 Å². The van der Waals surface area contributed by atoms with E-state index in [1.807, 2.05) is 12.1 Å². The SMILES string of the molecule is Cc1cc(N(Cc2ccco2)C2CC2)ccc1CC(C)N. The van der Waals surface area contributed by atoms with Crippen LogP contribution in [0.25, 0.3) is 0 Å². The summed E-state index contributed by atoms with van der Waals surface area (Å²) in [7, 11) is 0. The van der Waals surface area contributed by atoms with E-state index in [2.05, 4.69) is 36.9 Å². The minimum atomic E-state index is 0.206. The first-order valence-electron chi connectivity index (χ1n) is 7.77. The van der Waals surface area contributed by atoms with E-state index in [9.17, 15) is 0 Å². The molecule has 0 saturated heterocycles. The molecule has 3 nitrogen and oxygen atoms in total. The molecular weight excluding hydrogens is 260 g/mol. The van der Waals surface area contributed by atoms with Gasteiger partial charge in [0, 0.05) is 17.8 Å². The Morgan fingerprint density at radius 1 is 1.33 bits per heavy atom. The van der Waals surface area contributed by atoms with Crippen LogP contribution in [0.15, 0.2) is 41.0 Å². The number of nitrogens with zero attached hydrogens (tertiary/aromatic N) is 1. The van der Waals surface area contributed by atoms with Crippen molar-refractivity contribution in [3.05, 3.63) is 53.5 Å². The molecule has 1 fully saturated rings. The predicted octanol–water partition coefficient (Wildman–Crippen LogP) is 3.65. The average Bonchev–Trinajstić information content (AvgIpc) is 3.15. The lowest BCUT2D eigenvalue weighted by Gasteiger charge is -2.25. The van der Waals surface area contributed by atoms with Gasteiger partial charge in [-0.2, -0.15) is 0 Å². The Labute approximate surface area is 126 Å². The number of rotatable bonds is 6. The monoisotopic (exact) mass is 284 g/mol. The van der Waals surface area contributed by atoms with E-state index in [4.69, 9.17) is 10.2 Å². The highest BCUT2D eigenvalue weighted by atomic mass is 16.3. The highest BCUT2D eigenvalue weighted by Crippen LogP contribution is 2.34. The van der Waals surface area contributed by atoms with Gasteiger partial charge in [-0.25, -0.2) is 0 Å². The van der Waals surface area contributed by atoms with Gasteiger partial charge in [0.1, 0.15) is 5.76 Å². The third kappa shape index (κ3) is 3.48. The van der Waals surface area contributed by atoms with Crippen molar-refractivity contribution in [2.75, 3.05) is 4.90 Å². The van der Waals surface area contributed by atoms with Gasteiger partial charge in [-0.15, -0.1) is 0 Å². The van der Waals surface area contributed by atoms with Crippen LogP contribution in [0.4, 0.5) is 5.69 Å². The number of furan rings is 1. The lowest BCUT2D eigenvalue weighted by molar-refractivity contribution is 0.501. The quantitative estimate of drug-likeness (QED) is 0.880. The molecule has 0 aliphatic heterocycles. The van der Waals surface area contributed by atoms with Crippen molar-refractivity contribution in [3.63, 3.8) is 0 Å². The molecule has 2 N–H and O–H groups in total. The second-order valence-corrected chi connectivity index (χ2v) is 6.23. The summed E-state index contributed by atoms with van der Waals surface area (Å²) in [6, 6.07) is 11.6. The number of aryl methyl sites for hydroxylation is 1. The minimum Gasteiger partial charge on any atom is -0.467 e. The fraction of sp³-hybridized carbons (Fsp3) is 0.444. The van der Waals surface area contributed by atoms with Crippen LogP contribution in [0.1, 0.15) is 36.7 Å². The number of hydrogen-bond donors (Lipinski definition) is 1. The summed E-state index contributed by atoms with van der Waals surface area (Å²) in [6.45, 7) is 5.09. The predicted molar refractivity (Wildman–Crippen MR) is 86.4 cm³/mol. The van der Waals surface area contributed by atoms with E-state index in [1.54, 1.807) is 6.26 Å². The Balaban J connectivity index is 1.81.